The van der Waals surface area contributed by atoms with E-state index in [9.17, 15) is 4.39 Å². The zero-order chi connectivity index (χ0) is 21.5. The highest BCUT2D eigenvalue weighted by atomic mass is 32.2. The lowest BCUT2D eigenvalue weighted by Crippen LogP contribution is -2.01. The van der Waals surface area contributed by atoms with Gasteiger partial charge in [-0.25, -0.2) is 4.39 Å². The predicted octanol–water partition coefficient (Wildman–Crippen LogP) is 5.30. The lowest BCUT2D eigenvalue weighted by atomic mass is 10.1. The van der Waals surface area contributed by atoms with E-state index in [4.69, 9.17) is 4.74 Å². The average molecular weight is 435 g/mol. The highest BCUT2D eigenvalue weighted by Gasteiger charge is 2.06. The van der Waals surface area contributed by atoms with Crippen molar-refractivity contribution in [1.29, 1.82) is 0 Å². The number of aryl methyl sites for hydroxylation is 2. The van der Waals surface area contributed by atoms with Crippen LogP contribution in [0.4, 0.5) is 4.39 Å². The van der Waals surface area contributed by atoms with Crippen LogP contribution in [0.15, 0.2) is 73.1 Å². The fraction of sp³-hybridized carbons (Fsp3) is 0.208. The second kappa shape index (κ2) is 10.2. The van der Waals surface area contributed by atoms with Crippen molar-refractivity contribution < 1.29 is 9.13 Å². The number of aromatic nitrogens is 4. The monoisotopic (exact) mass is 434 g/mol. The Kier molecular flexibility index (Phi) is 6.94. The van der Waals surface area contributed by atoms with Gasteiger partial charge in [-0.3, -0.25) is 9.67 Å². The Morgan fingerprint density at radius 2 is 1.81 bits per heavy atom. The largest absolute Gasteiger partial charge is 0.489 e. The van der Waals surface area contributed by atoms with Crippen molar-refractivity contribution in [2.75, 3.05) is 5.75 Å². The van der Waals surface area contributed by atoms with E-state index in [0.29, 0.717) is 6.61 Å². The SMILES string of the molecule is Cc1nc(-c2ccc(F)cc2)ccc1COc1ccc(CSCCn2ccnn2)cc1. The molecule has 0 aliphatic heterocycles. The van der Waals surface area contributed by atoms with Gasteiger partial charge in [0.15, 0.2) is 0 Å². The number of benzene rings is 2. The summed E-state index contributed by atoms with van der Waals surface area (Å²) in [7, 11) is 0. The second-order valence-electron chi connectivity index (χ2n) is 7.10. The molecule has 4 aromatic rings. The summed E-state index contributed by atoms with van der Waals surface area (Å²) in [4.78, 5) is 4.64. The Labute approximate surface area is 185 Å². The van der Waals surface area contributed by atoms with E-state index in [0.717, 1.165) is 46.3 Å². The van der Waals surface area contributed by atoms with Gasteiger partial charge in [0.05, 0.1) is 18.4 Å². The van der Waals surface area contributed by atoms with Gasteiger partial charge in [0.1, 0.15) is 18.2 Å². The molecule has 2 aromatic carbocycles. The van der Waals surface area contributed by atoms with Crippen LogP contribution in [0.5, 0.6) is 5.75 Å². The Morgan fingerprint density at radius 1 is 1.00 bits per heavy atom. The van der Waals surface area contributed by atoms with E-state index in [2.05, 4.69) is 27.4 Å². The summed E-state index contributed by atoms with van der Waals surface area (Å²) in [6.07, 6.45) is 3.57. The third-order valence-electron chi connectivity index (χ3n) is 4.86. The molecule has 0 saturated carbocycles. The molecule has 0 bridgehead atoms. The van der Waals surface area contributed by atoms with Crippen LogP contribution in [0.25, 0.3) is 11.3 Å². The minimum absolute atomic E-state index is 0.248. The Morgan fingerprint density at radius 3 is 2.52 bits per heavy atom. The maximum absolute atomic E-state index is 13.1. The third-order valence-corrected chi connectivity index (χ3v) is 5.87. The molecule has 0 spiro atoms. The summed E-state index contributed by atoms with van der Waals surface area (Å²) >= 11 is 1.86. The number of nitrogens with zero attached hydrogens (tertiary/aromatic N) is 4. The summed E-state index contributed by atoms with van der Waals surface area (Å²) in [5.41, 5.74) is 4.91. The molecule has 2 aromatic heterocycles. The van der Waals surface area contributed by atoms with Crippen molar-refractivity contribution in [1.82, 2.24) is 20.0 Å². The molecule has 0 aliphatic carbocycles. The molecule has 0 unspecified atom stereocenters. The number of pyridine rings is 1. The first-order chi connectivity index (χ1) is 15.2. The van der Waals surface area contributed by atoms with Crippen LogP contribution in [-0.2, 0) is 18.9 Å². The van der Waals surface area contributed by atoms with E-state index >= 15 is 0 Å². The maximum Gasteiger partial charge on any atom is 0.123 e. The van der Waals surface area contributed by atoms with Crippen molar-refractivity contribution in [3.8, 4) is 17.0 Å². The minimum Gasteiger partial charge on any atom is -0.489 e. The van der Waals surface area contributed by atoms with Gasteiger partial charge in [-0.2, -0.15) is 11.8 Å². The standard InChI is InChI=1S/C24H23FN4OS/c1-18-21(6-11-24(27-18)20-4-7-22(25)8-5-20)16-30-23-9-2-19(3-10-23)17-31-15-14-29-13-12-26-28-29/h2-13H,14-17H2,1H3. The molecule has 31 heavy (non-hydrogen) atoms. The molecule has 0 saturated heterocycles. The van der Waals surface area contributed by atoms with Crippen LogP contribution in [0.2, 0.25) is 0 Å². The van der Waals surface area contributed by atoms with E-state index < -0.39 is 0 Å². The van der Waals surface area contributed by atoms with Gasteiger partial charge in [0.2, 0.25) is 0 Å². The highest BCUT2D eigenvalue weighted by molar-refractivity contribution is 7.98. The zero-order valence-corrected chi connectivity index (χ0v) is 18.1. The summed E-state index contributed by atoms with van der Waals surface area (Å²) in [6, 6.07) is 18.5. The maximum atomic E-state index is 13.1. The topological polar surface area (TPSA) is 52.8 Å². The lowest BCUT2D eigenvalue weighted by Gasteiger charge is -2.11. The predicted molar refractivity (Wildman–Crippen MR) is 121 cm³/mol. The molecule has 2 heterocycles. The first-order valence-electron chi connectivity index (χ1n) is 10.0. The molecular weight excluding hydrogens is 411 g/mol. The zero-order valence-electron chi connectivity index (χ0n) is 17.2. The van der Waals surface area contributed by atoms with Gasteiger partial charge in [-0.1, -0.05) is 23.4 Å². The van der Waals surface area contributed by atoms with E-state index in [1.807, 2.05) is 53.8 Å². The average Bonchev–Trinajstić information content (AvgIpc) is 3.31. The van der Waals surface area contributed by atoms with Crippen molar-refractivity contribution in [2.24, 2.45) is 0 Å². The molecule has 0 radical (unpaired) electrons. The molecule has 7 heteroatoms. The summed E-state index contributed by atoms with van der Waals surface area (Å²) in [6.45, 7) is 3.28. The molecule has 0 fully saturated rings. The quantitative estimate of drug-likeness (QED) is 0.335. The highest BCUT2D eigenvalue weighted by Crippen LogP contribution is 2.22. The van der Waals surface area contributed by atoms with Gasteiger partial charge in [-0.05, 0) is 55.0 Å². The number of rotatable bonds is 9. The molecule has 158 valence electrons. The Bertz CT molecular complexity index is 1100. The summed E-state index contributed by atoms with van der Waals surface area (Å²) in [5.74, 6) is 2.52. The van der Waals surface area contributed by atoms with Crippen molar-refractivity contribution in [2.45, 2.75) is 25.8 Å². The van der Waals surface area contributed by atoms with Gasteiger partial charge in [0, 0.05) is 34.5 Å². The van der Waals surface area contributed by atoms with Crippen LogP contribution in [-0.4, -0.2) is 25.7 Å². The molecule has 4 rings (SSSR count). The smallest absolute Gasteiger partial charge is 0.123 e. The Balaban J connectivity index is 1.27. The van der Waals surface area contributed by atoms with E-state index in [-0.39, 0.29) is 5.82 Å². The number of ether oxygens (including phenoxy) is 1. The first-order valence-corrected chi connectivity index (χ1v) is 11.2. The van der Waals surface area contributed by atoms with Gasteiger partial charge in [0.25, 0.3) is 0 Å². The third kappa shape index (κ3) is 5.92. The van der Waals surface area contributed by atoms with Gasteiger partial charge >= 0.3 is 0 Å². The van der Waals surface area contributed by atoms with E-state index in [1.54, 1.807) is 18.3 Å². The van der Waals surface area contributed by atoms with Crippen LogP contribution in [0, 0.1) is 12.7 Å². The number of thioether (sulfide) groups is 1. The van der Waals surface area contributed by atoms with Crippen LogP contribution in [0.3, 0.4) is 0 Å². The molecule has 0 aliphatic rings. The first kappa shape index (κ1) is 21.1. The van der Waals surface area contributed by atoms with Gasteiger partial charge in [-0.15, -0.1) is 5.10 Å². The van der Waals surface area contributed by atoms with Crippen LogP contribution < -0.4 is 4.74 Å². The fourth-order valence-corrected chi connectivity index (χ4v) is 3.96. The summed E-state index contributed by atoms with van der Waals surface area (Å²) < 4.78 is 20.9. The van der Waals surface area contributed by atoms with Gasteiger partial charge < -0.3 is 4.74 Å². The molecule has 0 amide bonds. The number of hydrogen-bond donors (Lipinski definition) is 0. The normalized spacial score (nSPS) is 10.9. The second-order valence-corrected chi connectivity index (χ2v) is 8.20. The molecule has 0 atom stereocenters. The van der Waals surface area contributed by atoms with Crippen LogP contribution >= 0.6 is 11.8 Å². The number of halogens is 1. The molecular formula is C24H23FN4OS. The van der Waals surface area contributed by atoms with Crippen molar-refractivity contribution in [3.05, 3.63) is 95.7 Å². The molecule has 5 nitrogen and oxygen atoms in total. The molecule has 0 N–H and O–H groups in total. The van der Waals surface area contributed by atoms with E-state index in [1.165, 1.54) is 17.7 Å². The van der Waals surface area contributed by atoms with Crippen molar-refractivity contribution in [3.63, 3.8) is 0 Å². The number of hydrogen-bond acceptors (Lipinski definition) is 5. The fourth-order valence-electron chi connectivity index (χ4n) is 3.07. The van der Waals surface area contributed by atoms with Crippen LogP contribution in [0.1, 0.15) is 16.8 Å². The summed E-state index contributed by atoms with van der Waals surface area (Å²) in [5, 5.41) is 7.77. The minimum atomic E-state index is -0.248. The van der Waals surface area contributed by atoms with Crippen molar-refractivity contribution >= 4 is 11.8 Å². The Hall–Kier alpha value is -3.19. The lowest BCUT2D eigenvalue weighted by molar-refractivity contribution is 0.305.